The lowest BCUT2D eigenvalue weighted by atomic mass is 9.95. The number of nitrogens with two attached hydrogens (primary N) is 1. The first-order chi connectivity index (χ1) is 9.36. The second-order valence-corrected chi connectivity index (χ2v) is 6.94. The molecule has 0 atom stereocenters. The van der Waals surface area contributed by atoms with Gasteiger partial charge in [0, 0.05) is 18.0 Å². The summed E-state index contributed by atoms with van der Waals surface area (Å²) in [4.78, 5) is 4.93. The Balaban J connectivity index is 1.74. The van der Waals surface area contributed by atoms with Crippen molar-refractivity contribution in [2.45, 2.75) is 62.9 Å². The van der Waals surface area contributed by atoms with E-state index in [1.54, 1.807) is 0 Å². The van der Waals surface area contributed by atoms with Crippen LogP contribution in [0.5, 0.6) is 0 Å². The first-order valence-corrected chi connectivity index (χ1v) is 8.70. The van der Waals surface area contributed by atoms with Crippen molar-refractivity contribution in [3.8, 4) is 0 Å². The largest absolute Gasteiger partial charge is 0.326 e. The van der Waals surface area contributed by atoms with Crippen LogP contribution in [0.1, 0.15) is 55.3 Å². The van der Waals surface area contributed by atoms with Crippen LogP contribution in [0.4, 0.5) is 0 Å². The zero-order valence-electron chi connectivity index (χ0n) is 11.7. The molecule has 3 rings (SSSR count). The van der Waals surface area contributed by atoms with Crippen LogP contribution in [-0.2, 0) is 19.4 Å². The monoisotopic (exact) mass is 276 g/mol. The van der Waals surface area contributed by atoms with E-state index in [4.69, 9.17) is 10.7 Å². The Morgan fingerprint density at radius 1 is 1.16 bits per heavy atom. The minimum atomic E-state index is 0.632. The summed E-state index contributed by atoms with van der Waals surface area (Å²) in [6.07, 6.45) is 10.6. The Bertz CT molecular complexity index is 439. The summed E-state index contributed by atoms with van der Waals surface area (Å²) < 4.78 is 0. The molecule has 2 N–H and O–H groups in total. The highest BCUT2D eigenvalue weighted by Gasteiger charge is 2.18. The Labute approximate surface area is 120 Å². The van der Waals surface area contributed by atoms with Gasteiger partial charge in [0.1, 0.15) is 5.03 Å². The highest BCUT2D eigenvalue weighted by atomic mass is 32.2. The zero-order valence-corrected chi connectivity index (χ0v) is 12.5. The highest BCUT2D eigenvalue weighted by Crippen LogP contribution is 2.33. The number of thioether (sulfide) groups is 1. The summed E-state index contributed by atoms with van der Waals surface area (Å²) in [5.74, 6) is 2.15. The lowest BCUT2D eigenvalue weighted by Gasteiger charge is -2.18. The van der Waals surface area contributed by atoms with Crippen molar-refractivity contribution in [2.75, 3.05) is 5.75 Å². The summed E-state index contributed by atoms with van der Waals surface area (Å²) >= 11 is 1.95. The number of aryl methyl sites for hydroxylation is 2. The SMILES string of the molecule is NCc1cc2c(nc1SCC1CCCC1)CCCC2. The second kappa shape index (κ2) is 6.27. The van der Waals surface area contributed by atoms with Crippen LogP contribution in [0.15, 0.2) is 11.1 Å². The van der Waals surface area contributed by atoms with E-state index in [0.717, 1.165) is 12.3 Å². The molecule has 104 valence electrons. The molecular weight excluding hydrogens is 252 g/mol. The number of hydrogen-bond acceptors (Lipinski definition) is 3. The van der Waals surface area contributed by atoms with Crippen LogP contribution < -0.4 is 5.73 Å². The first kappa shape index (κ1) is 13.4. The van der Waals surface area contributed by atoms with Gasteiger partial charge in [-0.2, -0.15) is 0 Å². The van der Waals surface area contributed by atoms with Gasteiger partial charge in [-0.1, -0.05) is 18.9 Å². The van der Waals surface area contributed by atoms with Gasteiger partial charge in [-0.25, -0.2) is 4.98 Å². The Hall–Kier alpha value is -0.540. The number of hydrogen-bond donors (Lipinski definition) is 1. The molecule has 0 spiro atoms. The third kappa shape index (κ3) is 3.14. The van der Waals surface area contributed by atoms with Gasteiger partial charge in [-0.15, -0.1) is 11.8 Å². The lowest BCUT2D eigenvalue weighted by molar-refractivity contribution is 0.621. The molecule has 0 aliphatic heterocycles. The summed E-state index contributed by atoms with van der Waals surface area (Å²) in [5.41, 5.74) is 9.98. The smallest absolute Gasteiger partial charge is 0.101 e. The maximum atomic E-state index is 5.91. The van der Waals surface area contributed by atoms with Crippen molar-refractivity contribution in [1.82, 2.24) is 4.98 Å². The van der Waals surface area contributed by atoms with E-state index in [1.807, 2.05) is 11.8 Å². The highest BCUT2D eigenvalue weighted by molar-refractivity contribution is 7.99. The number of nitrogens with zero attached hydrogens (tertiary/aromatic N) is 1. The molecule has 2 aliphatic carbocycles. The van der Waals surface area contributed by atoms with Crippen LogP contribution in [-0.4, -0.2) is 10.7 Å². The van der Waals surface area contributed by atoms with Crippen molar-refractivity contribution in [1.29, 1.82) is 0 Å². The quantitative estimate of drug-likeness (QED) is 0.852. The molecule has 19 heavy (non-hydrogen) atoms. The molecule has 0 radical (unpaired) electrons. The fourth-order valence-electron chi connectivity index (χ4n) is 3.31. The average molecular weight is 276 g/mol. The van der Waals surface area contributed by atoms with Crippen molar-refractivity contribution in [2.24, 2.45) is 11.7 Å². The van der Waals surface area contributed by atoms with Crippen LogP contribution in [0.25, 0.3) is 0 Å². The second-order valence-electron chi connectivity index (χ2n) is 5.93. The summed E-state index contributed by atoms with van der Waals surface area (Å²) in [6.45, 7) is 0.632. The molecule has 1 fully saturated rings. The van der Waals surface area contributed by atoms with E-state index in [1.165, 1.54) is 72.5 Å². The van der Waals surface area contributed by atoms with Crippen molar-refractivity contribution >= 4 is 11.8 Å². The Kier molecular flexibility index (Phi) is 4.44. The number of fused-ring (bicyclic) bond motifs is 1. The van der Waals surface area contributed by atoms with Crippen LogP contribution >= 0.6 is 11.8 Å². The van der Waals surface area contributed by atoms with Crippen molar-refractivity contribution in [3.05, 3.63) is 22.9 Å². The third-order valence-electron chi connectivity index (χ3n) is 4.49. The molecule has 1 saturated carbocycles. The van der Waals surface area contributed by atoms with Gasteiger partial charge in [0.2, 0.25) is 0 Å². The van der Waals surface area contributed by atoms with E-state index < -0.39 is 0 Å². The summed E-state index contributed by atoms with van der Waals surface area (Å²) in [6, 6.07) is 2.33. The molecule has 0 amide bonds. The minimum Gasteiger partial charge on any atom is -0.326 e. The van der Waals surface area contributed by atoms with Gasteiger partial charge in [-0.3, -0.25) is 0 Å². The van der Waals surface area contributed by atoms with E-state index in [-0.39, 0.29) is 0 Å². The molecule has 0 aromatic carbocycles. The van der Waals surface area contributed by atoms with Crippen LogP contribution in [0.3, 0.4) is 0 Å². The molecule has 1 aromatic heterocycles. The van der Waals surface area contributed by atoms with Gasteiger partial charge < -0.3 is 5.73 Å². The molecule has 0 unspecified atom stereocenters. The van der Waals surface area contributed by atoms with E-state index >= 15 is 0 Å². The predicted octanol–water partition coefficient (Wildman–Crippen LogP) is 3.70. The lowest BCUT2D eigenvalue weighted by Crippen LogP contribution is -2.10. The topological polar surface area (TPSA) is 38.9 Å². The number of aromatic nitrogens is 1. The van der Waals surface area contributed by atoms with Crippen LogP contribution in [0.2, 0.25) is 0 Å². The normalized spacial score (nSPS) is 19.6. The van der Waals surface area contributed by atoms with Crippen LogP contribution in [0, 0.1) is 5.92 Å². The van der Waals surface area contributed by atoms with Crippen molar-refractivity contribution < 1.29 is 0 Å². The molecule has 2 aliphatic rings. The standard InChI is InChI=1S/C16H24N2S/c17-10-14-9-13-7-3-4-8-15(13)18-16(14)19-11-12-5-1-2-6-12/h9,12H,1-8,10-11,17H2. The number of rotatable bonds is 4. The third-order valence-corrected chi connectivity index (χ3v) is 5.76. The van der Waals surface area contributed by atoms with Gasteiger partial charge in [0.15, 0.2) is 0 Å². The fraction of sp³-hybridized carbons (Fsp3) is 0.688. The fourth-order valence-corrected chi connectivity index (χ4v) is 4.54. The van der Waals surface area contributed by atoms with Gasteiger partial charge in [0.05, 0.1) is 0 Å². The molecule has 2 nitrogen and oxygen atoms in total. The molecule has 0 saturated heterocycles. The zero-order chi connectivity index (χ0) is 13.1. The predicted molar refractivity (Wildman–Crippen MR) is 81.5 cm³/mol. The molecule has 1 heterocycles. The molecular formula is C16H24N2S. The molecule has 3 heteroatoms. The molecule has 1 aromatic rings. The summed E-state index contributed by atoms with van der Waals surface area (Å²) in [7, 11) is 0. The van der Waals surface area contributed by atoms with E-state index in [0.29, 0.717) is 6.54 Å². The van der Waals surface area contributed by atoms with Gasteiger partial charge >= 0.3 is 0 Å². The van der Waals surface area contributed by atoms with Gasteiger partial charge in [-0.05, 0) is 55.6 Å². The maximum Gasteiger partial charge on any atom is 0.101 e. The van der Waals surface area contributed by atoms with Gasteiger partial charge in [0.25, 0.3) is 0 Å². The first-order valence-electron chi connectivity index (χ1n) is 7.71. The minimum absolute atomic E-state index is 0.632. The molecule has 0 bridgehead atoms. The summed E-state index contributed by atoms with van der Waals surface area (Å²) in [5, 5.41) is 1.22. The Morgan fingerprint density at radius 3 is 2.74 bits per heavy atom. The number of pyridine rings is 1. The maximum absolute atomic E-state index is 5.91. The van der Waals surface area contributed by atoms with E-state index in [2.05, 4.69) is 6.07 Å². The Morgan fingerprint density at radius 2 is 1.95 bits per heavy atom. The average Bonchev–Trinajstić information content (AvgIpc) is 2.97. The van der Waals surface area contributed by atoms with Crippen molar-refractivity contribution in [3.63, 3.8) is 0 Å². The van der Waals surface area contributed by atoms with E-state index in [9.17, 15) is 0 Å².